The van der Waals surface area contributed by atoms with Crippen LogP contribution in [-0.4, -0.2) is 13.2 Å². The quantitative estimate of drug-likeness (QED) is 0.673. The van der Waals surface area contributed by atoms with Crippen LogP contribution in [0.4, 0.5) is 0 Å². The van der Waals surface area contributed by atoms with Crippen molar-refractivity contribution in [3.63, 3.8) is 0 Å². The zero-order valence-electron chi connectivity index (χ0n) is 10.1. The molecule has 0 aromatic carbocycles. The lowest BCUT2D eigenvalue weighted by atomic mass is 9.94. The maximum absolute atomic E-state index is 12.4. The Hall–Kier alpha value is -0.110. The van der Waals surface area contributed by atoms with Gasteiger partial charge in [0.05, 0.1) is 13.2 Å². The van der Waals surface area contributed by atoms with Gasteiger partial charge in [-0.05, 0) is 32.1 Å². The Morgan fingerprint density at radius 1 is 1.33 bits per heavy atom. The molecule has 0 bridgehead atoms. The van der Waals surface area contributed by atoms with Crippen molar-refractivity contribution in [2.24, 2.45) is 5.41 Å². The molecule has 0 fully saturated rings. The van der Waals surface area contributed by atoms with Gasteiger partial charge in [-0.1, -0.05) is 19.9 Å². The molecule has 15 heavy (non-hydrogen) atoms. The third kappa shape index (κ3) is 3.17. The summed E-state index contributed by atoms with van der Waals surface area (Å²) >= 11 is 0. The van der Waals surface area contributed by atoms with E-state index in [4.69, 9.17) is 9.05 Å². The fourth-order valence-corrected chi connectivity index (χ4v) is 3.78. The topological polar surface area (TPSA) is 35.5 Å². The van der Waals surface area contributed by atoms with Gasteiger partial charge in [0.1, 0.15) is 0 Å². The van der Waals surface area contributed by atoms with Gasteiger partial charge in [0, 0.05) is 5.31 Å². The second-order valence-corrected chi connectivity index (χ2v) is 6.54. The summed E-state index contributed by atoms with van der Waals surface area (Å²) < 4.78 is 23.0. The predicted molar refractivity (Wildman–Crippen MR) is 62.0 cm³/mol. The van der Waals surface area contributed by atoms with E-state index in [2.05, 4.69) is 19.9 Å². The number of rotatable bonds is 5. The third-order valence-electron chi connectivity index (χ3n) is 2.53. The highest BCUT2D eigenvalue weighted by Crippen LogP contribution is 2.61. The van der Waals surface area contributed by atoms with Crippen LogP contribution >= 0.6 is 7.60 Å². The molecule has 0 spiro atoms. The lowest BCUT2D eigenvalue weighted by Crippen LogP contribution is -2.00. The Kier molecular flexibility index (Phi) is 4.16. The second-order valence-electron chi connectivity index (χ2n) is 4.46. The number of hydrogen-bond acceptors (Lipinski definition) is 3. The zero-order chi connectivity index (χ0) is 11.5. The summed E-state index contributed by atoms with van der Waals surface area (Å²) in [6, 6.07) is 0. The van der Waals surface area contributed by atoms with E-state index in [1.807, 2.05) is 13.8 Å². The molecule has 3 nitrogen and oxygen atoms in total. The van der Waals surface area contributed by atoms with Gasteiger partial charge in [-0.2, -0.15) is 0 Å². The summed E-state index contributed by atoms with van der Waals surface area (Å²) in [4.78, 5) is 0. The van der Waals surface area contributed by atoms with Gasteiger partial charge in [0.2, 0.25) is 0 Å². The molecule has 0 saturated carbocycles. The highest BCUT2D eigenvalue weighted by Gasteiger charge is 2.36. The first-order chi connectivity index (χ1) is 6.93. The summed E-state index contributed by atoms with van der Waals surface area (Å²) in [5.41, 5.74) is 0.124. The molecule has 0 saturated heterocycles. The molecule has 0 aromatic rings. The maximum Gasteiger partial charge on any atom is 0.357 e. The molecule has 0 unspecified atom stereocenters. The van der Waals surface area contributed by atoms with Crippen molar-refractivity contribution in [3.05, 3.63) is 11.4 Å². The molecule has 0 aromatic heterocycles. The highest BCUT2D eigenvalue weighted by molar-refractivity contribution is 7.58. The van der Waals surface area contributed by atoms with E-state index in [1.54, 1.807) is 0 Å². The Morgan fingerprint density at radius 2 is 1.87 bits per heavy atom. The van der Waals surface area contributed by atoms with Crippen LogP contribution in [0.5, 0.6) is 0 Å². The molecule has 0 aliphatic heterocycles. The van der Waals surface area contributed by atoms with Crippen LogP contribution in [-0.2, 0) is 13.6 Å². The molecule has 0 N–H and O–H groups in total. The molecular formula is C11H21O3P. The lowest BCUT2D eigenvalue weighted by Gasteiger charge is -2.17. The van der Waals surface area contributed by atoms with Crippen LogP contribution in [0, 0.1) is 5.41 Å². The van der Waals surface area contributed by atoms with Gasteiger partial charge in [-0.3, -0.25) is 4.57 Å². The molecule has 4 heteroatoms. The van der Waals surface area contributed by atoms with E-state index in [-0.39, 0.29) is 5.41 Å². The highest BCUT2D eigenvalue weighted by atomic mass is 31.2. The first kappa shape index (κ1) is 13.0. The Labute approximate surface area is 92.4 Å². The average molecular weight is 232 g/mol. The fourth-order valence-electron chi connectivity index (χ4n) is 1.80. The average Bonchev–Trinajstić information content (AvgIpc) is 2.47. The van der Waals surface area contributed by atoms with Crippen molar-refractivity contribution < 1.29 is 13.6 Å². The standard InChI is InChI=1S/C11H21O3P/c1-5-13-15(12,14-6-2)10-7-8-11(3,4)9-10/h9H,5-8H2,1-4H3. The van der Waals surface area contributed by atoms with Crippen LogP contribution in [0.3, 0.4) is 0 Å². The van der Waals surface area contributed by atoms with Crippen molar-refractivity contribution in [1.29, 1.82) is 0 Å². The Morgan fingerprint density at radius 3 is 2.20 bits per heavy atom. The van der Waals surface area contributed by atoms with E-state index in [0.717, 1.165) is 18.2 Å². The van der Waals surface area contributed by atoms with E-state index in [9.17, 15) is 4.57 Å². The zero-order valence-corrected chi connectivity index (χ0v) is 11.0. The van der Waals surface area contributed by atoms with Crippen LogP contribution in [0.15, 0.2) is 11.4 Å². The van der Waals surface area contributed by atoms with Crippen molar-refractivity contribution in [2.75, 3.05) is 13.2 Å². The van der Waals surface area contributed by atoms with Crippen LogP contribution < -0.4 is 0 Å². The first-order valence-electron chi connectivity index (χ1n) is 5.55. The molecule has 0 radical (unpaired) electrons. The number of hydrogen-bond donors (Lipinski definition) is 0. The minimum atomic E-state index is -2.99. The lowest BCUT2D eigenvalue weighted by molar-refractivity contribution is 0.226. The van der Waals surface area contributed by atoms with Crippen LogP contribution in [0.2, 0.25) is 0 Å². The van der Waals surface area contributed by atoms with E-state index in [0.29, 0.717) is 13.2 Å². The maximum atomic E-state index is 12.4. The predicted octanol–water partition coefficient (Wildman–Crippen LogP) is 3.96. The summed E-state index contributed by atoms with van der Waals surface area (Å²) in [6.07, 6.45) is 3.90. The molecule has 0 heterocycles. The summed E-state index contributed by atoms with van der Waals surface area (Å²) in [6.45, 7) is 8.81. The van der Waals surface area contributed by atoms with Gasteiger partial charge in [-0.15, -0.1) is 0 Å². The largest absolute Gasteiger partial charge is 0.357 e. The molecule has 1 rings (SSSR count). The first-order valence-corrected chi connectivity index (χ1v) is 7.09. The van der Waals surface area contributed by atoms with Gasteiger partial charge >= 0.3 is 7.60 Å². The van der Waals surface area contributed by atoms with Crippen LogP contribution in [0.1, 0.15) is 40.5 Å². The van der Waals surface area contributed by atoms with Gasteiger partial charge in [0.15, 0.2) is 0 Å². The van der Waals surface area contributed by atoms with Gasteiger partial charge in [0.25, 0.3) is 0 Å². The van der Waals surface area contributed by atoms with Crippen molar-refractivity contribution >= 4 is 7.60 Å². The second kappa shape index (κ2) is 4.82. The summed E-state index contributed by atoms with van der Waals surface area (Å²) in [7, 11) is -2.99. The van der Waals surface area contributed by atoms with Crippen LogP contribution in [0.25, 0.3) is 0 Å². The minimum absolute atomic E-state index is 0.124. The van der Waals surface area contributed by atoms with Gasteiger partial charge in [-0.25, -0.2) is 0 Å². The van der Waals surface area contributed by atoms with E-state index in [1.165, 1.54) is 0 Å². The molecule has 1 aliphatic rings. The monoisotopic (exact) mass is 232 g/mol. The molecule has 0 atom stereocenters. The minimum Gasteiger partial charge on any atom is -0.306 e. The molecular weight excluding hydrogens is 211 g/mol. The van der Waals surface area contributed by atoms with Crippen molar-refractivity contribution in [2.45, 2.75) is 40.5 Å². The normalized spacial score (nSPS) is 20.4. The molecule has 1 aliphatic carbocycles. The van der Waals surface area contributed by atoms with E-state index < -0.39 is 7.60 Å². The van der Waals surface area contributed by atoms with Crippen molar-refractivity contribution in [3.8, 4) is 0 Å². The Balaban J connectivity index is 2.87. The fraction of sp³-hybridized carbons (Fsp3) is 0.818. The third-order valence-corrected chi connectivity index (χ3v) is 4.79. The number of allylic oxidation sites excluding steroid dienone is 2. The van der Waals surface area contributed by atoms with E-state index >= 15 is 0 Å². The van der Waals surface area contributed by atoms with Crippen molar-refractivity contribution in [1.82, 2.24) is 0 Å². The summed E-state index contributed by atoms with van der Waals surface area (Å²) in [5, 5.41) is 0.858. The molecule has 88 valence electrons. The SMILES string of the molecule is CCOP(=O)(OCC)C1=CC(C)(C)CC1. The Bertz CT molecular complexity index is 284. The summed E-state index contributed by atoms with van der Waals surface area (Å²) in [5.74, 6) is 0. The van der Waals surface area contributed by atoms with Gasteiger partial charge < -0.3 is 9.05 Å². The molecule has 0 amide bonds. The smallest absolute Gasteiger partial charge is 0.306 e.